The molecule has 1 unspecified atom stereocenters. The molecule has 17 heavy (non-hydrogen) atoms. The molecule has 0 heterocycles. The number of thioether (sulfide) groups is 1. The van der Waals surface area contributed by atoms with Crippen molar-refractivity contribution in [1.82, 2.24) is 0 Å². The standard InChI is InChI=1S/C14H18O2S/c1-2-4-13(14(15)16)17-12-8-7-10-5-3-6-11(10)9-12/h7-9,13H,2-6H2,1H3,(H,15,16). The van der Waals surface area contributed by atoms with Gasteiger partial charge in [-0.15, -0.1) is 11.8 Å². The quantitative estimate of drug-likeness (QED) is 0.812. The second kappa shape index (κ2) is 5.58. The molecular weight excluding hydrogens is 232 g/mol. The lowest BCUT2D eigenvalue weighted by molar-refractivity contribution is -0.136. The zero-order valence-electron chi connectivity index (χ0n) is 10.1. The maximum Gasteiger partial charge on any atom is 0.316 e. The van der Waals surface area contributed by atoms with Crippen LogP contribution in [0, 0.1) is 0 Å². The summed E-state index contributed by atoms with van der Waals surface area (Å²) in [6.07, 6.45) is 5.21. The summed E-state index contributed by atoms with van der Waals surface area (Å²) in [5.41, 5.74) is 2.85. The molecule has 0 aromatic heterocycles. The van der Waals surface area contributed by atoms with Crippen LogP contribution in [0.2, 0.25) is 0 Å². The predicted octanol–water partition coefficient (Wildman–Crippen LogP) is 3.52. The smallest absolute Gasteiger partial charge is 0.316 e. The molecule has 1 aliphatic rings. The highest BCUT2D eigenvalue weighted by Gasteiger charge is 2.19. The number of benzene rings is 1. The summed E-state index contributed by atoms with van der Waals surface area (Å²) in [5, 5.41) is 8.83. The Balaban J connectivity index is 2.09. The highest BCUT2D eigenvalue weighted by Crippen LogP contribution is 2.31. The second-order valence-electron chi connectivity index (χ2n) is 4.52. The predicted molar refractivity (Wildman–Crippen MR) is 70.7 cm³/mol. The van der Waals surface area contributed by atoms with E-state index in [9.17, 15) is 4.79 Å². The normalized spacial score (nSPS) is 15.6. The molecule has 0 aliphatic heterocycles. The van der Waals surface area contributed by atoms with Crippen molar-refractivity contribution in [3.05, 3.63) is 29.3 Å². The number of carboxylic acids is 1. The SMILES string of the molecule is CCCC(Sc1ccc2c(c1)CCC2)C(=O)O. The number of carboxylic acid groups (broad SMARTS) is 1. The number of hydrogen-bond donors (Lipinski definition) is 1. The minimum Gasteiger partial charge on any atom is -0.480 e. The number of carbonyl (C=O) groups is 1. The lowest BCUT2D eigenvalue weighted by atomic mass is 10.1. The molecule has 1 aliphatic carbocycles. The molecule has 0 radical (unpaired) electrons. The van der Waals surface area contributed by atoms with Crippen LogP contribution in [0.3, 0.4) is 0 Å². The van der Waals surface area contributed by atoms with Crippen LogP contribution in [-0.2, 0) is 17.6 Å². The molecule has 1 atom stereocenters. The van der Waals surface area contributed by atoms with E-state index in [2.05, 4.69) is 18.2 Å². The molecule has 0 fully saturated rings. The van der Waals surface area contributed by atoms with Gasteiger partial charge in [0.25, 0.3) is 0 Å². The second-order valence-corrected chi connectivity index (χ2v) is 5.79. The minimum absolute atomic E-state index is 0.306. The van der Waals surface area contributed by atoms with Gasteiger partial charge in [-0.05, 0) is 48.9 Å². The minimum atomic E-state index is -0.697. The van der Waals surface area contributed by atoms with Crippen molar-refractivity contribution >= 4 is 17.7 Å². The number of aryl methyl sites for hydroxylation is 2. The summed E-state index contributed by atoms with van der Waals surface area (Å²) in [4.78, 5) is 12.2. The fourth-order valence-electron chi connectivity index (χ4n) is 2.28. The number of fused-ring (bicyclic) bond motifs is 1. The summed E-state index contributed by atoms with van der Waals surface area (Å²) in [6, 6.07) is 6.41. The third kappa shape index (κ3) is 3.03. The van der Waals surface area contributed by atoms with Gasteiger partial charge in [0, 0.05) is 4.90 Å². The van der Waals surface area contributed by atoms with Crippen LogP contribution in [0.5, 0.6) is 0 Å². The lowest BCUT2D eigenvalue weighted by Gasteiger charge is -2.11. The van der Waals surface area contributed by atoms with E-state index >= 15 is 0 Å². The topological polar surface area (TPSA) is 37.3 Å². The van der Waals surface area contributed by atoms with Crippen LogP contribution in [0.4, 0.5) is 0 Å². The monoisotopic (exact) mass is 250 g/mol. The molecule has 2 nitrogen and oxygen atoms in total. The average molecular weight is 250 g/mol. The maximum atomic E-state index is 11.1. The van der Waals surface area contributed by atoms with Gasteiger partial charge in [-0.1, -0.05) is 19.4 Å². The van der Waals surface area contributed by atoms with Crippen molar-refractivity contribution in [2.45, 2.75) is 49.2 Å². The first-order valence-corrected chi connectivity index (χ1v) is 7.10. The van der Waals surface area contributed by atoms with E-state index in [1.807, 2.05) is 6.92 Å². The van der Waals surface area contributed by atoms with Gasteiger partial charge in [0.2, 0.25) is 0 Å². The van der Waals surface area contributed by atoms with Crippen molar-refractivity contribution in [1.29, 1.82) is 0 Å². The van der Waals surface area contributed by atoms with Gasteiger partial charge in [0.1, 0.15) is 5.25 Å². The van der Waals surface area contributed by atoms with Crippen LogP contribution in [0.1, 0.15) is 37.3 Å². The van der Waals surface area contributed by atoms with E-state index in [0.29, 0.717) is 0 Å². The Morgan fingerprint density at radius 2 is 2.18 bits per heavy atom. The summed E-state index contributed by atoms with van der Waals surface area (Å²) in [6.45, 7) is 2.03. The first-order chi connectivity index (χ1) is 8.20. The average Bonchev–Trinajstić information content (AvgIpc) is 2.75. The van der Waals surface area contributed by atoms with Gasteiger partial charge < -0.3 is 5.11 Å². The molecule has 1 N–H and O–H groups in total. The van der Waals surface area contributed by atoms with Gasteiger partial charge >= 0.3 is 5.97 Å². The highest BCUT2D eigenvalue weighted by atomic mass is 32.2. The Labute approximate surface area is 106 Å². The third-order valence-electron chi connectivity index (χ3n) is 3.17. The van der Waals surface area contributed by atoms with Crippen molar-refractivity contribution in [2.24, 2.45) is 0 Å². The number of aliphatic carboxylic acids is 1. The summed E-state index contributed by atoms with van der Waals surface area (Å²) in [5.74, 6) is -0.697. The van der Waals surface area contributed by atoms with E-state index in [0.717, 1.165) is 24.2 Å². The Bertz CT molecular complexity index is 415. The molecule has 0 bridgehead atoms. The summed E-state index contributed by atoms with van der Waals surface area (Å²) in [7, 11) is 0. The van der Waals surface area contributed by atoms with E-state index in [1.54, 1.807) is 0 Å². The maximum absolute atomic E-state index is 11.1. The number of rotatable bonds is 5. The van der Waals surface area contributed by atoms with E-state index < -0.39 is 5.97 Å². The van der Waals surface area contributed by atoms with Gasteiger partial charge in [-0.3, -0.25) is 4.79 Å². The van der Waals surface area contributed by atoms with Crippen LogP contribution < -0.4 is 0 Å². The molecule has 0 spiro atoms. The van der Waals surface area contributed by atoms with Gasteiger partial charge in [-0.25, -0.2) is 0 Å². The fourth-order valence-corrected chi connectivity index (χ4v) is 3.42. The molecule has 1 aromatic carbocycles. The van der Waals surface area contributed by atoms with E-state index in [4.69, 9.17) is 5.11 Å². The van der Waals surface area contributed by atoms with Gasteiger partial charge in [-0.2, -0.15) is 0 Å². The van der Waals surface area contributed by atoms with Gasteiger partial charge in [0.05, 0.1) is 0 Å². The Hall–Kier alpha value is -0.960. The molecule has 92 valence electrons. The van der Waals surface area contributed by atoms with E-state index in [-0.39, 0.29) is 5.25 Å². The van der Waals surface area contributed by atoms with Crippen LogP contribution in [0.15, 0.2) is 23.1 Å². The Kier molecular flexibility index (Phi) is 4.11. The number of hydrogen-bond acceptors (Lipinski definition) is 2. The van der Waals surface area contributed by atoms with Crippen molar-refractivity contribution in [3.8, 4) is 0 Å². The molecule has 3 heteroatoms. The first kappa shape index (κ1) is 12.5. The highest BCUT2D eigenvalue weighted by molar-refractivity contribution is 8.00. The van der Waals surface area contributed by atoms with Crippen molar-refractivity contribution < 1.29 is 9.90 Å². The van der Waals surface area contributed by atoms with Gasteiger partial charge in [0.15, 0.2) is 0 Å². The Morgan fingerprint density at radius 3 is 2.88 bits per heavy atom. The lowest BCUT2D eigenvalue weighted by Crippen LogP contribution is -2.15. The largest absolute Gasteiger partial charge is 0.480 e. The molecule has 2 rings (SSSR count). The van der Waals surface area contributed by atoms with Crippen LogP contribution in [0.25, 0.3) is 0 Å². The van der Waals surface area contributed by atoms with Crippen LogP contribution in [-0.4, -0.2) is 16.3 Å². The van der Waals surface area contributed by atoms with Crippen molar-refractivity contribution in [2.75, 3.05) is 0 Å². The van der Waals surface area contributed by atoms with Crippen LogP contribution >= 0.6 is 11.8 Å². The molecule has 0 saturated carbocycles. The Morgan fingerprint density at radius 1 is 1.41 bits per heavy atom. The zero-order chi connectivity index (χ0) is 12.3. The molecular formula is C14H18O2S. The fraction of sp³-hybridized carbons (Fsp3) is 0.500. The first-order valence-electron chi connectivity index (χ1n) is 6.22. The molecule has 0 amide bonds. The van der Waals surface area contributed by atoms with E-state index in [1.165, 1.54) is 35.7 Å². The molecule has 0 saturated heterocycles. The summed E-state index contributed by atoms with van der Waals surface area (Å²) < 4.78 is 0. The third-order valence-corrected chi connectivity index (χ3v) is 4.42. The summed E-state index contributed by atoms with van der Waals surface area (Å²) >= 11 is 1.49. The van der Waals surface area contributed by atoms with Crippen molar-refractivity contribution in [3.63, 3.8) is 0 Å². The zero-order valence-corrected chi connectivity index (χ0v) is 10.9. The molecule has 1 aromatic rings.